The zero-order chi connectivity index (χ0) is 10.9. The summed E-state index contributed by atoms with van der Waals surface area (Å²) in [6.45, 7) is 3.12. The molecule has 1 aliphatic heterocycles. The molecule has 2 heterocycles. The van der Waals surface area contributed by atoms with E-state index in [2.05, 4.69) is 10.2 Å². The predicted molar refractivity (Wildman–Crippen MR) is 52.8 cm³/mol. The fourth-order valence-corrected chi connectivity index (χ4v) is 3.09. The van der Waals surface area contributed by atoms with Gasteiger partial charge >= 0.3 is 0 Å². The number of hydrogen-bond acceptors (Lipinski definition) is 4. The van der Waals surface area contributed by atoms with Crippen LogP contribution in [0.4, 0.5) is 0 Å². The van der Waals surface area contributed by atoms with E-state index in [1.807, 2.05) is 6.92 Å². The summed E-state index contributed by atoms with van der Waals surface area (Å²) >= 11 is 0. The van der Waals surface area contributed by atoms with E-state index in [0.29, 0.717) is 19.8 Å². The molecule has 0 unspecified atom stereocenters. The highest BCUT2D eigenvalue weighted by molar-refractivity contribution is 7.89. The first-order valence-electron chi connectivity index (χ1n) is 4.71. The van der Waals surface area contributed by atoms with E-state index < -0.39 is 10.0 Å². The summed E-state index contributed by atoms with van der Waals surface area (Å²) in [6.07, 6.45) is 2.70. The van der Waals surface area contributed by atoms with Gasteiger partial charge in [-0.05, 0) is 6.92 Å². The van der Waals surface area contributed by atoms with Crippen molar-refractivity contribution in [1.82, 2.24) is 14.5 Å². The lowest BCUT2D eigenvalue weighted by molar-refractivity contribution is 0.0393. The summed E-state index contributed by atoms with van der Waals surface area (Å²) in [5, 5.41) is 6.15. The van der Waals surface area contributed by atoms with Gasteiger partial charge in [-0.2, -0.15) is 9.40 Å². The topological polar surface area (TPSA) is 75.3 Å². The van der Waals surface area contributed by atoms with Crippen molar-refractivity contribution in [1.29, 1.82) is 0 Å². The molecule has 15 heavy (non-hydrogen) atoms. The van der Waals surface area contributed by atoms with Gasteiger partial charge in [-0.3, -0.25) is 5.10 Å². The highest BCUT2D eigenvalue weighted by atomic mass is 32.2. The summed E-state index contributed by atoms with van der Waals surface area (Å²) in [5.74, 6) is 0. The Balaban J connectivity index is 2.29. The second kappa shape index (κ2) is 3.92. The number of H-pyrrole nitrogens is 1. The first-order valence-corrected chi connectivity index (χ1v) is 6.15. The molecular formula is C8H13N3O3S. The Bertz CT molecular complexity index is 414. The van der Waals surface area contributed by atoms with Crippen LogP contribution in [0.2, 0.25) is 0 Å². The van der Waals surface area contributed by atoms with E-state index in [9.17, 15) is 8.42 Å². The van der Waals surface area contributed by atoms with Gasteiger partial charge in [0, 0.05) is 18.8 Å². The molecule has 0 aromatic carbocycles. The van der Waals surface area contributed by atoms with Gasteiger partial charge in [-0.25, -0.2) is 8.42 Å². The Morgan fingerprint density at radius 3 is 3.07 bits per heavy atom. The van der Waals surface area contributed by atoms with Crippen LogP contribution in [0.25, 0.3) is 0 Å². The SMILES string of the molecule is C[C@@H]1COCCN1S(=O)(=O)c1cn[nH]c1. The fraction of sp³-hybridized carbons (Fsp3) is 0.625. The Kier molecular flexibility index (Phi) is 2.76. The average molecular weight is 231 g/mol. The van der Waals surface area contributed by atoms with Crippen LogP contribution in [0, 0.1) is 0 Å². The van der Waals surface area contributed by atoms with Crippen LogP contribution in [-0.4, -0.2) is 48.7 Å². The third-order valence-corrected chi connectivity index (χ3v) is 4.37. The Morgan fingerprint density at radius 2 is 2.47 bits per heavy atom. The van der Waals surface area contributed by atoms with Crippen molar-refractivity contribution in [2.45, 2.75) is 17.9 Å². The average Bonchev–Trinajstić information content (AvgIpc) is 2.71. The molecule has 0 radical (unpaired) electrons. The highest BCUT2D eigenvalue weighted by Crippen LogP contribution is 2.18. The molecule has 1 saturated heterocycles. The van der Waals surface area contributed by atoms with Gasteiger partial charge in [0.05, 0.1) is 19.4 Å². The zero-order valence-electron chi connectivity index (χ0n) is 8.38. The maximum absolute atomic E-state index is 12.1. The van der Waals surface area contributed by atoms with E-state index >= 15 is 0 Å². The standard InChI is InChI=1S/C8H13N3O3S/c1-7-6-14-3-2-11(7)15(12,13)8-4-9-10-5-8/h4-5,7H,2-3,6H2,1H3,(H,9,10)/t7-/m1/s1. The van der Waals surface area contributed by atoms with Crippen LogP contribution in [0.3, 0.4) is 0 Å². The molecule has 1 aromatic rings. The molecule has 1 atom stereocenters. The molecule has 0 aliphatic carbocycles. The molecule has 2 rings (SSSR count). The summed E-state index contributed by atoms with van der Waals surface area (Å²) in [4.78, 5) is 0.205. The number of aromatic amines is 1. The molecule has 7 heteroatoms. The van der Waals surface area contributed by atoms with E-state index in [1.165, 1.54) is 16.7 Å². The predicted octanol–water partition coefficient (Wildman–Crippen LogP) is -0.181. The van der Waals surface area contributed by atoms with Gasteiger partial charge < -0.3 is 4.74 Å². The molecule has 0 bridgehead atoms. The molecule has 6 nitrogen and oxygen atoms in total. The molecular weight excluding hydrogens is 218 g/mol. The summed E-state index contributed by atoms with van der Waals surface area (Å²) in [7, 11) is -3.41. The Hall–Kier alpha value is -0.920. The number of rotatable bonds is 2. The number of aromatic nitrogens is 2. The van der Waals surface area contributed by atoms with Crippen LogP contribution in [0.15, 0.2) is 17.3 Å². The lowest BCUT2D eigenvalue weighted by Gasteiger charge is -2.31. The van der Waals surface area contributed by atoms with Gasteiger partial charge in [0.25, 0.3) is 0 Å². The van der Waals surface area contributed by atoms with Crippen molar-refractivity contribution in [3.05, 3.63) is 12.4 Å². The molecule has 1 fully saturated rings. The third kappa shape index (κ3) is 1.90. The number of hydrogen-bond donors (Lipinski definition) is 1. The third-order valence-electron chi connectivity index (χ3n) is 2.39. The second-order valence-corrected chi connectivity index (χ2v) is 5.36. The highest BCUT2D eigenvalue weighted by Gasteiger charge is 2.31. The zero-order valence-corrected chi connectivity index (χ0v) is 9.20. The van der Waals surface area contributed by atoms with Crippen LogP contribution >= 0.6 is 0 Å². The smallest absolute Gasteiger partial charge is 0.246 e. The molecule has 0 amide bonds. The fourth-order valence-electron chi connectivity index (χ4n) is 1.58. The van der Waals surface area contributed by atoms with Crippen molar-refractivity contribution >= 4 is 10.0 Å². The van der Waals surface area contributed by atoms with E-state index in [1.54, 1.807) is 0 Å². The largest absolute Gasteiger partial charge is 0.378 e. The lowest BCUT2D eigenvalue weighted by atomic mass is 10.3. The maximum atomic E-state index is 12.1. The monoisotopic (exact) mass is 231 g/mol. The van der Waals surface area contributed by atoms with E-state index in [4.69, 9.17) is 4.74 Å². The molecule has 1 aromatic heterocycles. The van der Waals surface area contributed by atoms with Gasteiger partial charge in [-0.1, -0.05) is 0 Å². The first-order chi connectivity index (χ1) is 7.12. The van der Waals surface area contributed by atoms with Gasteiger partial charge in [0.1, 0.15) is 4.90 Å². The molecule has 0 spiro atoms. The van der Waals surface area contributed by atoms with Crippen LogP contribution in [-0.2, 0) is 14.8 Å². The van der Waals surface area contributed by atoms with Crippen LogP contribution in [0.5, 0.6) is 0 Å². The Labute approximate surface area is 88.3 Å². The van der Waals surface area contributed by atoms with Gasteiger partial charge in [-0.15, -0.1) is 0 Å². The normalized spacial score (nSPS) is 24.2. The van der Waals surface area contributed by atoms with Crippen molar-refractivity contribution in [2.75, 3.05) is 19.8 Å². The number of morpholine rings is 1. The van der Waals surface area contributed by atoms with Crippen molar-refractivity contribution in [3.8, 4) is 0 Å². The maximum Gasteiger partial charge on any atom is 0.246 e. The van der Waals surface area contributed by atoms with Gasteiger partial charge in [0.2, 0.25) is 10.0 Å². The summed E-state index contributed by atoms with van der Waals surface area (Å²) < 4.78 is 30.8. The Morgan fingerprint density at radius 1 is 1.67 bits per heavy atom. The van der Waals surface area contributed by atoms with Crippen LogP contribution in [0.1, 0.15) is 6.92 Å². The van der Waals surface area contributed by atoms with Crippen molar-refractivity contribution in [2.24, 2.45) is 0 Å². The van der Waals surface area contributed by atoms with Crippen molar-refractivity contribution < 1.29 is 13.2 Å². The van der Waals surface area contributed by atoms with Crippen molar-refractivity contribution in [3.63, 3.8) is 0 Å². The first kappa shape index (κ1) is 10.6. The number of ether oxygens (including phenoxy) is 1. The molecule has 0 saturated carbocycles. The minimum absolute atomic E-state index is 0.126. The second-order valence-electron chi connectivity index (χ2n) is 3.47. The van der Waals surface area contributed by atoms with Crippen LogP contribution < -0.4 is 0 Å². The molecule has 84 valence electrons. The minimum atomic E-state index is -3.41. The van der Waals surface area contributed by atoms with E-state index in [-0.39, 0.29) is 10.9 Å². The lowest BCUT2D eigenvalue weighted by Crippen LogP contribution is -2.46. The summed E-state index contributed by atoms with van der Waals surface area (Å²) in [6, 6.07) is -0.126. The summed E-state index contributed by atoms with van der Waals surface area (Å²) in [5.41, 5.74) is 0. The molecule has 1 aliphatic rings. The van der Waals surface area contributed by atoms with E-state index in [0.717, 1.165) is 0 Å². The quantitative estimate of drug-likeness (QED) is 0.766. The number of nitrogens with one attached hydrogen (secondary N) is 1. The minimum Gasteiger partial charge on any atom is -0.378 e. The number of nitrogens with zero attached hydrogens (tertiary/aromatic N) is 2. The molecule has 1 N–H and O–H groups in total. The van der Waals surface area contributed by atoms with Gasteiger partial charge in [0.15, 0.2) is 0 Å². The number of sulfonamides is 1.